The SMILES string of the molecule is COc1cc(C=CC2C3=CCC4C(=O)N(N(C)c5nc(C(F)(F)F)ccc5Cl)C(=O)C4C3CC3(Cl)C(=O)N(CBr)C(=O)C23Cl)ccc1O. The third-order valence-corrected chi connectivity index (χ3v) is 11.7. The Balaban J connectivity index is 1.43. The van der Waals surface area contributed by atoms with Crippen molar-refractivity contribution in [2.24, 2.45) is 23.7 Å². The van der Waals surface area contributed by atoms with Crippen molar-refractivity contribution in [3.05, 3.63) is 64.3 Å². The van der Waals surface area contributed by atoms with Gasteiger partial charge in [-0.1, -0.05) is 57.4 Å². The summed E-state index contributed by atoms with van der Waals surface area (Å²) < 4.78 is 45.7. The summed E-state index contributed by atoms with van der Waals surface area (Å²) in [5.74, 6) is -7.38. The molecule has 1 saturated carbocycles. The first-order valence-corrected chi connectivity index (χ1v) is 16.7. The molecule has 2 aromatic rings. The second-order valence-corrected chi connectivity index (χ2v) is 14.0. The van der Waals surface area contributed by atoms with Gasteiger partial charge in [-0.3, -0.25) is 29.1 Å². The number of hydrogen-bond acceptors (Lipinski definition) is 8. The molecule has 1 aromatic carbocycles. The molecule has 3 heterocycles. The first kappa shape index (κ1) is 34.5. The van der Waals surface area contributed by atoms with Crippen LogP contribution in [0.1, 0.15) is 24.1 Å². The predicted octanol–water partition coefficient (Wildman–Crippen LogP) is 5.78. The van der Waals surface area contributed by atoms with Crippen LogP contribution in [-0.2, 0) is 25.4 Å². The van der Waals surface area contributed by atoms with Crippen LogP contribution in [0, 0.1) is 23.7 Å². The molecule has 6 rings (SSSR count). The molecule has 1 N–H and O–H groups in total. The maximum Gasteiger partial charge on any atom is 0.433 e. The lowest BCUT2D eigenvalue weighted by molar-refractivity contribution is -0.142. The van der Waals surface area contributed by atoms with Crippen LogP contribution in [0.15, 0.2) is 48.1 Å². The molecule has 1 aromatic heterocycles. The van der Waals surface area contributed by atoms with E-state index < -0.39 is 74.7 Å². The van der Waals surface area contributed by atoms with E-state index in [0.717, 1.165) is 16.0 Å². The van der Waals surface area contributed by atoms with Gasteiger partial charge in [0, 0.05) is 13.0 Å². The van der Waals surface area contributed by atoms with Crippen molar-refractivity contribution < 1.29 is 42.2 Å². The number of ether oxygens (including phenoxy) is 1. The fourth-order valence-electron chi connectivity index (χ4n) is 7.20. The third-order valence-electron chi connectivity index (χ3n) is 9.46. The molecule has 4 amide bonds. The highest BCUT2D eigenvalue weighted by Gasteiger charge is 2.75. The van der Waals surface area contributed by atoms with Crippen LogP contribution in [-0.4, -0.2) is 73.0 Å². The number of rotatable bonds is 6. The molecule has 3 fully saturated rings. The van der Waals surface area contributed by atoms with E-state index >= 15 is 0 Å². The van der Waals surface area contributed by atoms with Gasteiger partial charge in [0.15, 0.2) is 27.1 Å². The Morgan fingerprint density at radius 1 is 1.12 bits per heavy atom. The van der Waals surface area contributed by atoms with Gasteiger partial charge in [-0.15, -0.1) is 23.2 Å². The Kier molecular flexibility index (Phi) is 8.58. The second kappa shape index (κ2) is 11.9. The van der Waals surface area contributed by atoms with E-state index in [2.05, 4.69) is 20.9 Å². The van der Waals surface area contributed by atoms with Crippen LogP contribution in [0.4, 0.5) is 19.0 Å². The van der Waals surface area contributed by atoms with Gasteiger partial charge >= 0.3 is 6.18 Å². The van der Waals surface area contributed by atoms with Gasteiger partial charge in [0.05, 0.1) is 29.4 Å². The summed E-state index contributed by atoms with van der Waals surface area (Å²) in [6, 6.07) is 6.19. The molecular formula is C31H25BrCl3F3N4O6. The number of nitrogens with zero attached hydrogens (tertiary/aromatic N) is 4. The number of fused-ring (bicyclic) bond motifs is 4. The van der Waals surface area contributed by atoms with Gasteiger partial charge in [-0.25, -0.2) is 4.98 Å². The van der Waals surface area contributed by atoms with Gasteiger partial charge in [0.2, 0.25) is 0 Å². The molecule has 48 heavy (non-hydrogen) atoms. The lowest BCUT2D eigenvalue weighted by atomic mass is 9.57. The molecule has 0 radical (unpaired) electrons. The standard InChI is InChI=1S/C31H25BrCl3F3N4O6/c1-40(24-19(33)8-10-22(39-24)31(36,37)38)42-25(44)16-6-5-15-17(23(16)26(42)45)12-29(34)27(46)41(13-32)28(47)30(29,35)18(15)7-3-14-4-9-20(43)21(11-14)48-2/h3-5,7-11,16-18,23,43H,6,12-13H2,1-2H3. The molecule has 2 aliphatic carbocycles. The topological polar surface area (TPSA) is 120 Å². The number of likely N-dealkylation sites (tertiary alicyclic amines) is 1. The number of allylic oxidation sites excluding steroid dienone is 3. The molecular weight excluding hydrogens is 768 g/mol. The minimum absolute atomic E-state index is 0.0269. The fraction of sp³-hybridized carbons (Fsp3) is 0.387. The molecule has 2 saturated heterocycles. The van der Waals surface area contributed by atoms with E-state index in [4.69, 9.17) is 39.5 Å². The minimum atomic E-state index is -4.82. The number of hydrogen-bond donors (Lipinski definition) is 1. The maximum absolute atomic E-state index is 14.2. The first-order chi connectivity index (χ1) is 22.5. The van der Waals surface area contributed by atoms with E-state index in [1.165, 1.54) is 20.2 Å². The molecule has 254 valence electrons. The lowest BCUT2D eigenvalue weighted by Gasteiger charge is -2.49. The molecule has 2 aliphatic heterocycles. The van der Waals surface area contributed by atoms with E-state index in [9.17, 15) is 37.5 Å². The quantitative estimate of drug-likeness (QED) is 0.170. The summed E-state index contributed by atoms with van der Waals surface area (Å²) in [5, 5.41) is 11.4. The Bertz CT molecular complexity index is 1830. The first-order valence-electron chi connectivity index (χ1n) is 14.4. The number of benzene rings is 1. The van der Waals surface area contributed by atoms with Crippen molar-refractivity contribution in [2.45, 2.75) is 28.8 Å². The number of carbonyl (C=O) groups excluding carboxylic acids is 4. The van der Waals surface area contributed by atoms with E-state index in [1.807, 2.05) is 0 Å². The van der Waals surface area contributed by atoms with Gasteiger partial charge in [0.25, 0.3) is 23.6 Å². The number of phenolic OH excluding ortho intramolecular Hbond substituents is 1. The number of phenols is 1. The number of amides is 4. The normalized spacial score (nSPS) is 30.1. The largest absolute Gasteiger partial charge is 0.504 e. The number of imide groups is 2. The zero-order chi connectivity index (χ0) is 35.1. The zero-order valence-electron chi connectivity index (χ0n) is 25.0. The second-order valence-electron chi connectivity index (χ2n) is 11.8. The molecule has 6 unspecified atom stereocenters. The van der Waals surface area contributed by atoms with Crippen LogP contribution in [0.5, 0.6) is 11.5 Å². The van der Waals surface area contributed by atoms with E-state index in [-0.39, 0.29) is 34.8 Å². The van der Waals surface area contributed by atoms with Gasteiger partial charge in [-0.05, 0) is 48.6 Å². The van der Waals surface area contributed by atoms with Gasteiger partial charge in [-0.2, -0.15) is 18.2 Å². The van der Waals surface area contributed by atoms with Crippen molar-refractivity contribution >= 4 is 86.3 Å². The Hall–Kier alpha value is -3.33. The number of aromatic hydroxyl groups is 1. The highest BCUT2D eigenvalue weighted by molar-refractivity contribution is 9.09. The van der Waals surface area contributed by atoms with Crippen molar-refractivity contribution in [1.29, 1.82) is 0 Å². The molecule has 10 nitrogen and oxygen atoms in total. The number of alkyl halides is 6. The average molecular weight is 793 g/mol. The van der Waals surface area contributed by atoms with Gasteiger partial charge in [0.1, 0.15) is 5.69 Å². The third kappa shape index (κ3) is 4.92. The molecule has 0 bridgehead atoms. The zero-order valence-corrected chi connectivity index (χ0v) is 28.8. The number of methoxy groups -OCH3 is 1. The van der Waals surface area contributed by atoms with Crippen LogP contribution in [0.25, 0.3) is 6.08 Å². The maximum atomic E-state index is 14.2. The molecule has 0 spiro atoms. The summed E-state index contributed by atoms with van der Waals surface area (Å²) in [7, 11) is 2.58. The van der Waals surface area contributed by atoms with Crippen LogP contribution < -0.4 is 9.75 Å². The lowest BCUT2D eigenvalue weighted by Crippen LogP contribution is -2.60. The summed E-state index contributed by atoms with van der Waals surface area (Å²) in [4.78, 5) is 56.0. The Morgan fingerprint density at radius 3 is 2.48 bits per heavy atom. The monoisotopic (exact) mass is 790 g/mol. The van der Waals surface area contributed by atoms with E-state index in [0.29, 0.717) is 22.2 Å². The minimum Gasteiger partial charge on any atom is -0.504 e. The Morgan fingerprint density at radius 2 is 1.83 bits per heavy atom. The van der Waals surface area contributed by atoms with Crippen LogP contribution in [0.2, 0.25) is 5.02 Å². The van der Waals surface area contributed by atoms with Crippen molar-refractivity contribution in [3.63, 3.8) is 0 Å². The van der Waals surface area contributed by atoms with Crippen LogP contribution >= 0.6 is 50.7 Å². The number of carbonyl (C=O) groups is 4. The molecule has 17 heteroatoms. The van der Waals surface area contributed by atoms with E-state index in [1.54, 1.807) is 30.4 Å². The smallest absolute Gasteiger partial charge is 0.433 e. The summed E-state index contributed by atoms with van der Waals surface area (Å²) in [5.41, 5.74) is -0.426. The number of aromatic nitrogens is 1. The van der Waals surface area contributed by atoms with Crippen molar-refractivity contribution in [3.8, 4) is 11.5 Å². The number of anilines is 1. The fourth-order valence-corrected chi connectivity index (χ4v) is 8.80. The number of pyridine rings is 1. The number of halogens is 7. The summed E-state index contributed by atoms with van der Waals surface area (Å²) in [6.07, 6.45) is -0.166. The average Bonchev–Trinajstić information content (AvgIpc) is 3.38. The van der Waals surface area contributed by atoms with Crippen molar-refractivity contribution in [2.75, 3.05) is 24.6 Å². The summed E-state index contributed by atoms with van der Waals surface area (Å²) >= 11 is 23.7. The highest BCUT2D eigenvalue weighted by Crippen LogP contribution is 2.63. The number of hydrazine groups is 1. The highest BCUT2D eigenvalue weighted by atomic mass is 79.9. The van der Waals surface area contributed by atoms with Crippen LogP contribution in [0.3, 0.4) is 0 Å². The summed E-state index contributed by atoms with van der Waals surface area (Å²) in [6.45, 7) is 0. The molecule has 4 aliphatic rings. The molecule has 6 atom stereocenters. The Labute approximate surface area is 295 Å². The van der Waals surface area contributed by atoms with Gasteiger partial charge < -0.3 is 9.84 Å². The van der Waals surface area contributed by atoms with Crippen molar-refractivity contribution in [1.82, 2.24) is 14.9 Å². The predicted molar refractivity (Wildman–Crippen MR) is 172 cm³/mol.